The Kier molecular flexibility index (Phi) is 5.38. The maximum Gasteiger partial charge on any atom is 0.264 e. The predicted octanol–water partition coefficient (Wildman–Crippen LogP) is 3.09. The molecule has 0 spiro atoms. The van der Waals surface area contributed by atoms with E-state index >= 15 is 0 Å². The lowest BCUT2D eigenvalue weighted by atomic mass is 10.1. The Morgan fingerprint density at radius 2 is 1.90 bits per heavy atom. The van der Waals surface area contributed by atoms with E-state index in [2.05, 4.69) is 10.1 Å². The Morgan fingerprint density at radius 3 is 2.52 bits per heavy atom. The van der Waals surface area contributed by atoms with Gasteiger partial charge in [0.05, 0.1) is 11.4 Å². The molecule has 1 aliphatic rings. The third-order valence-electron chi connectivity index (χ3n) is 5.33. The summed E-state index contributed by atoms with van der Waals surface area (Å²) in [6.45, 7) is 8.77. The minimum atomic E-state index is 0.0810. The van der Waals surface area contributed by atoms with E-state index in [-0.39, 0.29) is 11.7 Å². The third-order valence-corrected chi connectivity index (χ3v) is 6.19. The first-order valence-electron chi connectivity index (χ1n) is 9.65. The van der Waals surface area contributed by atoms with Gasteiger partial charge < -0.3 is 9.42 Å². The molecule has 0 bridgehead atoms. The van der Waals surface area contributed by atoms with E-state index in [1.54, 1.807) is 0 Å². The van der Waals surface area contributed by atoms with Crippen LogP contribution in [0.15, 0.2) is 34.2 Å². The number of hydrogen-bond donors (Lipinski definition) is 0. The number of nitrogens with zero attached hydrogens (tertiary/aromatic N) is 4. The van der Waals surface area contributed by atoms with E-state index in [4.69, 9.17) is 4.52 Å². The highest BCUT2D eigenvalue weighted by atomic mass is 32.1. The molecule has 0 radical (unpaired) electrons. The SMILES string of the molecule is Cc1cc(-n2c(C)cc(C(=O)CN3CCN(C(=O)c4cccs4)CC3)c2C)no1. The summed E-state index contributed by atoms with van der Waals surface area (Å²) in [5, 5.41) is 5.99. The number of aromatic nitrogens is 2. The lowest BCUT2D eigenvalue weighted by Crippen LogP contribution is -2.49. The topological polar surface area (TPSA) is 71.6 Å². The number of aryl methyl sites for hydroxylation is 2. The summed E-state index contributed by atoms with van der Waals surface area (Å²) in [4.78, 5) is 30.2. The first kappa shape index (κ1) is 19.6. The van der Waals surface area contributed by atoms with Crippen LogP contribution in [0.1, 0.15) is 37.2 Å². The number of ketones is 1. The van der Waals surface area contributed by atoms with Gasteiger partial charge in [0.15, 0.2) is 11.6 Å². The van der Waals surface area contributed by atoms with Crippen molar-refractivity contribution in [1.82, 2.24) is 19.5 Å². The fourth-order valence-corrected chi connectivity index (χ4v) is 4.50. The van der Waals surface area contributed by atoms with E-state index in [1.807, 2.05) is 59.9 Å². The first-order chi connectivity index (χ1) is 13.9. The minimum absolute atomic E-state index is 0.0810. The second kappa shape index (κ2) is 7.96. The number of rotatable bonds is 5. The molecule has 0 unspecified atom stereocenters. The molecule has 7 nitrogen and oxygen atoms in total. The predicted molar refractivity (Wildman–Crippen MR) is 111 cm³/mol. The molecule has 1 aliphatic heterocycles. The number of hydrogen-bond acceptors (Lipinski definition) is 6. The van der Waals surface area contributed by atoms with Crippen molar-refractivity contribution in [3.8, 4) is 5.82 Å². The molecular weight excluding hydrogens is 388 g/mol. The van der Waals surface area contributed by atoms with Gasteiger partial charge >= 0.3 is 0 Å². The summed E-state index contributed by atoms with van der Waals surface area (Å²) in [6, 6.07) is 7.52. The molecule has 0 saturated carbocycles. The van der Waals surface area contributed by atoms with Gasteiger partial charge in [-0.2, -0.15) is 0 Å². The van der Waals surface area contributed by atoms with Crippen LogP contribution in [0.25, 0.3) is 5.82 Å². The zero-order valence-electron chi connectivity index (χ0n) is 16.8. The third kappa shape index (κ3) is 3.90. The Morgan fingerprint density at radius 1 is 1.14 bits per heavy atom. The Labute approximate surface area is 173 Å². The largest absolute Gasteiger partial charge is 0.360 e. The average molecular weight is 413 g/mol. The van der Waals surface area contributed by atoms with Crippen molar-refractivity contribution < 1.29 is 14.1 Å². The number of amides is 1. The van der Waals surface area contributed by atoms with Gasteiger partial charge in [-0.1, -0.05) is 11.2 Å². The van der Waals surface area contributed by atoms with Crippen LogP contribution in [-0.2, 0) is 0 Å². The smallest absolute Gasteiger partial charge is 0.264 e. The summed E-state index contributed by atoms with van der Waals surface area (Å²) in [6.07, 6.45) is 0. The monoisotopic (exact) mass is 412 g/mol. The standard InChI is InChI=1S/C21H24N4O3S/c1-14-11-17(16(3)25(14)20-12-15(2)28-22-20)18(26)13-23-6-8-24(9-7-23)21(27)19-5-4-10-29-19/h4-5,10-12H,6-9,13H2,1-3H3. The maximum absolute atomic E-state index is 13.0. The van der Waals surface area contributed by atoms with Crippen molar-refractivity contribution >= 4 is 23.0 Å². The van der Waals surface area contributed by atoms with Crippen LogP contribution in [0.2, 0.25) is 0 Å². The highest BCUT2D eigenvalue weighted by molar-refractivity contribution is 7.12. The van der Waals surface area contributed by atoms with Crippen molar-refractivity contribution in [2.45, 2.75) is 20.8 Å². The number of carbonyl (C=O) groups is 2. The Balaban J connectivity index is 1.40. The zero-order valence-corrected chi connectivity index (χ0v) is 17.7. The summed E-state index contributed by atoms with van der Waals surface area (Å²) in [5.41, 5.74) is 2.53. The molecule has 4 rings (SSSR count). The van der Waals surface area contributed by atoms with Crippen molar-refractivity contribution in [3.63, 3.8) is 0 Å². The van der Waals surface area contributed by atoms with Crippen LogP contribution in [0.3, 0.4) is 0 Å². The van der Waals surface area contributed by atoms with E-state index in [0.717, 1.165) is 22.0 Å². The second-order valence-electron chi connectivity index (χ2n) is 7.38. The van der Waals surface area contributed by atoms with Crippen LogP contribution >= 0.6 is 11.3 Å². The molecule has 8 heteroatoms. The molecule has 0 aromatic carbocycles. The van der Waals surface area contributed by atoms with E-state index < -0.39 is 0 Å². The number of Topliss-reactive ketones (excluding diaryl/α,β-unsaturated/α-hetero) is 1. The van der Waals surface area contributed by atoms with Gasteiger partial charge in [-0.15, -0.1) is 11.3 Å². The second-order valence-corrected chi connectivity index (χ2v) is 8.33. The fraction of sp³-hybridized carbons (Fsp3) is 0.381. The highest BCUT2D eigenvalue weighted by Crippen LogP contribution is 2.22. The van der Waals surface area contributed by atoms with Gasteiger partial charge in [0, 0.05) is 49.2 Å². The molecule has 0 N–H and O–H groups in total. The van der Waals surface area contributed by atoms with Gasteiger partial charge in [0.25, 0.3) is 5.91 Å². The Bertz CT molecular complexity index is 1030. The van der Waals surface area contributed by atoms with Crippen molar-refractivity contribution in [2.75, 3.05) is 32.7 Å². The summed E-state index contributed by atoms with van der Waals surface area (Å²) in [7, 11) is 0. The lowest BCUT2D eigenvalue weighted by Gasteiger charge is -2.34. The van der Waals surface area contributed by atoms with Gasteiger partial charge in [-0.25, -0.2) is 0 Å². The maximum atomic E-state index is 13.0. The number of carbonyl (C=O) groups excluding carboxylic acids is 2. The quantitative estimate of drug-likeness (QED) is 0.602. The van der Waals surface area contributed by atoms with Crippen LogP contribution in [0, 0.1) is 20.8 Å². The van der Waals surface area contributed by atoms with Crippen molar-refractivity contribution in [1.29, 1.82) is 0 Å². The normalized spacial score (nSPS) is 15.1. The average Bonchev–Trinajstić information content (AvgIpc) is 3.43. The molecule has 3 aromatic rings. The highest BCUT2D eigenvalue weighted by Gasteiger charge is 2.25. The van der Waals surface area contributed by atoms with E-state index in [1.165, 1.54) is 11.3 Å². The lowest BCUT2D eigenvalue weighted by molar-refractivity contribution is 0.0628. The van der Waals surface area contributed by atoms with Gasteiger partial charge in [-0.3, -0.25) is 19.1 Å². The fourth-order valence-electron chi connectivity index (χ4n) is 3.81. The van der Waals surface area contributed by atoms with Gasteiger partial charge in [0.1, 0.15) is 5.76 Å². The Hall–Kier alpha value is -2.71. The molecule has 1 saturated heterocycles. The summed E-state index contributed by atoms with van der Waals surface area (Å²) < 4.78 is 7.13. The minimum Gasteiger partial charge on any atom is -0.360 e. The molecular formula is C21H24N4O3S. The van der Waals surface area contributed by atoms with Gasteiger partial charge in [0.2, 0.25) is 0 Å². The van der Waals surface area contributed by atoms with Crippen LogP contribution < -0.4 is 0 Å². The molecule has 152 valence electrons. The van der Waals surface area contributed by atoms with E-state index in [9.17, 15) is 9.59 Å². The molecule has 1 amide bonds. The summed E-state index contributed by atoms with van der Waals surface area (Å²) in [5.74, 6) is 1.59. The molecule has 3 aromatic heterocycles. The zero-order chi connectivity index (χ0) is 20.5. The van der Waals surface area contributed by atoms with Crippen molar-refractivity contribution in [3.05, 3.63) is 57.2 Å². The molecule has 0 atom stereocenters. The molecule has 0 aliphatic carbocycles. The van der Waals surface area contributed by atoms with Crippen molar-refractivity contribution in [2.24, 2.45) is 0 Å². The van der Waals surface area contributed by atoms with Crippen LogP contribution in [-0.4, -0.2) is 63.9 Å². The van der Waals surface area contributed by atoms with Crippen LogP contribution in [0.4, 0.5) is 0 Å². The summed E-state index contributed by atoms with van der Waals surface area (Å²) >= 11 is 1.47. The van der Waals surface area contributed by atoms with Gasteiger partial charge in [-0.05, 0) is 38.3 Å². The first-order valence-corrected chi connectivity index (χ1v) is 10.5. The van der Waals surface area contributed by atoms with E-state index in [0.29, 0.717) is 44.1 Å². The molecule has 29 heavy (non-hydrogen) atoms. The molecule has 1 fully saturated rings. The molecule has 4 heterocycles. The van der Waals surface area contributed by atoms with Crippen LogP contribution in [0.5, 0.6) is 0 Å². The number of thiophene rings is 1. The number of piperazine rings is 1.